The van der Waals surface area contributed by atoms with Gasteiger partial charge in [0.05, 0.1) is 6.33 Å². The Morgan fingerprint density at radius 2 is 1.91 bits per heavy atom. The highest BCUT2D eigenvalue weighted by atomic mass is 35.5. The minimum absolute atomic E-state index is 0.172. The maximum atomic E-state index is 5.59. The number of aromatic amines is 1. The van der Waals surface area contributed by atoms with E-state index in [4.69, 9.17) is 23.2 Å². The molecule has 2 heterocycles. The van der Waals surface area contributed by atoms with Gasteiger partial charge >= 0.3 is 0 Å². The monoisotopic (exact) mass is 188 g/mol. The highest BCUT2D eigenvalue weighted by Crippen LogP contribution is 2.18. The quantitative estimate of drug-likeness (QED) is 0.685. The van der Waals surface area contributed by atoms with Crippen LogP contribution in [0.1, 0.15) is 0 Å². The predicted octanol–water partition coefficient (Wildman–Crippen LogP) is 1.66. The maximum absolute atomic E-state index is 5.59. The van der Waals surface area contributed by atoms with Gasteiger partial charge in [-0.2, -0.15) is 0 Å². The van der Waals surface area contributed by atoms with Crippen molar-refractivity contribution in [3.05, 3.63) is 16.6 Å². The standard InChI is InChI=1S/C5H2Cl2N4/c6-2-3(7)11-5-4(10-2)8-1-9-5/h1H,(H,8,9,10,11). The lowest BCUT2D eigenvalue weighted by Crippen LogP contribution is -1.84. The maximum Gasteiger partial charge on any atom is 0.198 e. The molecule has 2 aromatic rings. The van der Waals surface area contributed by atoms with E-state index in [2.05, 4.69) is 19.9 Å². The molecule has 4 nitrogen and oxygen atoms in total. The molecule has 56 valence electrons. The average Bonchev–Trinajstić information content (AvgIpc) is 2.36. The van der Waals surface area contributed by atoms with Crippen LogP contribution >= 0.6 is 23.2 Å². The van der Waals surface area contributed by atoms with Crippen LogP contribution in [0, 0.1) is 0 Å². The van der Waals surface area contributed by atoms with Gasteiger partial charge in [-0.25, -0.2) is 15.0 Å². The lowest BCUT2D eigenvalue weighted by molar-refractivity contribution is 1.26. The van der Waals surface area contributed by atoms with Gasteiger partial charge in [0, 0.05) is 0 Å². The van der Waals surface area contributed by atoms with Gasteiger partial charge in [-0.05, 0) is 0 Å². The van der Waals surface area contributed by atoms with Crippen LogP contribution in [0.2, 0.25) is 10.3 Å². The highest BCUT2D eigenvalue weighted by Gasteiger charge is 2.04. The lowest BCUT2D eigenvalue weighted by Gasteiger charge is -1.91. The molecule has 0 fully saturated rings. The topological polar surface area (TPSA) is 54.5 Å². The smallest absolute Gasteiger partial charge is 0.198 e. The number of hydrogen-bond donors (Lipinski definition) is 1. The molecule has 0 aromatic carbocycles. The van der Waals surface area contributed by atoms with E-state index in [1.165, 1.54) is 6.33 Å². The molecule has 1 N–H and O–H groups in total. The lowest BCUT2D eigenvalue weighted by atomic mass is 10.7. The molecule has 0 aliphatic carbocycles. The molecule has 0 radical (unpaired) electrons. The molecule has 0 atom stereocenters. The molecule has 0 saturated heterocycles. The summed E-state index contributed by atoms with van der Waals surface area (Å²) in [7, 11) is 0. The normalized spacial score (nSPS) is 10.7. The second kappa shape index (κ2) is 2.32. The first kappa shape index (κ1) is 6.82. The minimum Gasteiger partial charge on any atom is -0.328 e. The Morgan fingerprint density at radius 1 is 1.18 bits per heavy atom. The largest absolute Gasteiger partial charge is 0.328 e. The minimum atomic E-state index is 0.172. The summed E-state index contributed by atoms with van der Waals surface area (Å²) in [6, 6.07) is 0. The van der Waals surface area contributed by atoms with Crippen LogP contribution in [0.3, 0.4) is 0 Å². The van der Waals surface area contributed by atoms with E-state index in [-0.39, 0.29) is 10.3 Å². The van der Waals surface area contributed by atoms with E-state index in [9.17, 15) is 0 Å². The van der Waals surface area contributed by atoms with Crippen molar-refractivity contribution in [2.24, 2.45) is 0 Å². The molecule has 11 heavy (non-hydrogen) atoms. The van der Waals surface area contributed by atoms with Crippen LogP contribution in [0.15, 0.2) is 6.33 Å². The van der Waals surface area contributed by atoms with Gasteiger partial charge in [0.2, 0.25) is 0 Å². The van der Waals surface area contributed by atoms with Gasteiger partial charge < -0.3 is 4.98 Å². The van der Waals surface area contributed by atoms with Crippen molar-refractivity contribution in [1.29, 1.82) is 0 Å². The Bertz CT molecular complexity index is 360. The Kier molecular flexibility index (Phi) is 1.44. The molecular formula is C5H2Cl2N4. The van der Waals surface area contributed by atoms with E-state index in [1.807, 2.05) is 0 Å². The number of rotatable bonds is 0. The fraction of sp³-hybridized carbons (Fsp3) is 0. The number of nitrogens with zero attached hydrogens (tertiary/aromatic N) is 3. The van der Waals surface area contributed by atoms with Crippen LogP contribution in [0.25, 0.3) is 11.3 Å². The van der Waals surface area contributed by atoms with Crippen molar-refractivity contribution in [2.45, 2.75) is 0 Å². The van der Waals surface area contributed by atoms with Crippen molar-refractivity contribution >= 4 is 34.5 Å². The second-order valence-electron chi connectivity index (χ2n) is 1.88. The molecule has 0 aliphatic heterocycles. The number of fused-ring (bicyclic) bond motifs is 1. The fourth-order valence-corrected chi connectivity index (χ4v) is 0.977. The zero-order valence-electron chi connectivity index (χ0n) is 5.17. The molecule has 0 aliphatic rings. The highest BCUT2D eigenvalue weighted by molar-refractivity contribution is 6.40. The number of hydrogen-bond acceptors (Lipinski definition) is 3. The summed E-state index contributed by atoms with van der Waals surface area (Å²) in [5, 5.41) is 0.356. The third kappa shape index (κ3) is 1.04. The van der Waals surface area contributed by atoms with Crippen molar-refractivity contribution in [3.8, 4) is 0 Å². The van der Waals surface area contributed by atoms with Gasteiger partial charge in [-0.15, -0.1) is 0 Å². The van der Waals surface area contributed by atoms with E-state index in [1.54, 1.807) is 0 Å². The Morgan fingerprint density at radius 3 is 2.73 bits per heavy atom. The molecule has 0 bridgehead atoms. The number of H-pyrrole nitrogens is 1. The van der Waals surface area contributed by atoms with Crippen LogP contribution in [-0.2, 0) is 0 Å². The fourth-order valence-electron chi connectivity index (χ4n) is 0.728. The summed E-state index contributed by atoms with van der Waals surface area (Å²) >= 11 is 11.2. The van der Waals surface area contributed by atoms with Crippen molar-refractivity contribution in [3.63, 3.8) is 0 Å². The van der Waals surface area contributed by atoms with Crippen LogP contribution in [-0.4, -0.2) is 19.9 Å². The van der Waals surface area contributed by atoms with Crippen molar-refractivity contribution < 1.29 is 0 Å². The van der Waals surface area contributed by atoms with Crippen LogP contribution in [0.5, 0.6) is 0 Å². The van der Waals surface area contributed by atoms with E-state index in [0.29, 0.717) is 11.3 Å². The van der Waals surface area contributed by atoms with Crippen molar-refractivity contribution in [1.82, 2.24) is 19.9 Å². The molecule has 2 rings (SSSR count). The Balaban J connectivity index is 2.86. The Labute approximate surface area is 71.6 Å². The molecule has 0 saturated carbocycles. The third-order valence-electron chi connectivity index (χ3n) is 1.18. The second-order valence-corrected chi connectivity index (χ2v) is 2.60. The molecule has 6 heteroatoms. The van der Waals surface area contributed by atoms with Gasteiger partial charge in [-0.3, -0.25) is 0 Å². The predicted molar refractivity (Wildman–Crippen MR) is 41.7 cm³/mol. The molecule has 2 aromatic heterocycles. The van der Waals surface area contributed by atoms with Crippen LogP contribution in [0.4, 0.5) is 0 Å². The Hall–Kier alpha value is -0.870. The number of halogens is 2. The zero-order valence-corrected chi connectivity index (χ0v) is 6.69. The first-order valence-corrected chi connectivity index (χ1v) is 3.55. The zero-order chi connectivity index (χ0) is 7.84. The number of nitrogens with one attached hydrogen (secondary N) is 1. The van der Waals surface area contributed by atoms with Gasteiger partial charge in [0.25, 0.3) is 0 Å². The van der Waals surface area contributed by atoms with Crippen LogP contribution < -0.4 is 0 Å². The third-order valence-corrected chi connectivity index (χ3v) is 1.81. The summed E-state index contributed by atoms with van der Waals surface area (Å²) in [6.07, 6.45) is 1.48. The SMILES string of the molecule is Clc1nc2nc[nH]c2nc1Cl. The van der Waals surface area contributed by atoms with Gasteiger partial charge in [-0.1, -0.05) is 23.2 Å². The van der Waals surface area contributed by atoms with Gasteiger partial charge in [0.15, 0.2) is 21.6 Å². The van der Waals surface area contributed by atoms with E-state index < -0.39 is 0 Å². The summed E-state index contributed by atoms with van der Waals surface area (Å²) < 4.78 is 0. The molecular weight excluding hydrogens is 187 g/mol. The summed E-state index contributed by atoms with van der Waals surface area (Å²) in [5.41, 5.74) is 1.01. The summed E-state index contributed by atoms with van der Waals surface area (Å²) in [6.45, 7) is 0. The van der Waals surface area contributed by atoms with Gasteiger partial charge in [0.1, 0.15) is 0 Å². The molecule has 0 spiro atoms. The van der Waals surface area contributed by atoms with E-state index >= 15 is 0 Å². The number of aromatic nitrogens is 4. The molecule has 0 amide bonds. The van der Waals surface area contributed by atoms with Crippen molar-refractivity contribution in [2.75, 3.05) is 0 Å². The summed E-state index contributed by atoms with van der Waals surface area (Å²) in [5.74, 6) is 0. The number of imidazole rings is 1. The average molecular weight is 189 g/mol. The summed E-state index contributed by atoms with van der Waals surface area (Å²) in [4.78, 5) is 14.4. The van der Waals surface area contributed by atoms with E-state index in [0.717, 1.165) is 0 Å². The molecule has 0 unspecified atom stereocenters. The first-order chi connectivity index (χ1) is 5.27. The first-order valence-electron chi connectivity index (χ1n) is 2.79.